The molecule has 4 nitrogen and oxygen atoms in total. The minimum atomic E-state index is 1.35. The molecule has 4 heteroatoms. The lowest BCUT2D eigenvalue weighted by Gasteiger charge is -2.39. The van der Waals surface area contributed by atoms with Crippen molar-refractivity contribution in [3.8, 4) is 0 Å². The average Bonchev–Trinajstić information content (AvgIpc) is 3.34. The summed E-state index contributed by atoms with van der Waals surface area (Å²) in [5.41, 5.74) is 0. The smallest absolute Gasteiger partial charge is 0.0786 e. The highest BCUT2D eigenvalue weighted by atomic mass is 17.6. The number of hydrogen-bond donors (Lipinski definition) is 0. The Balaban J connectivity index is 0.00000105. The van der Waals surface area contributed by atoms with Crippen LogP contribution in [0, 0.1) is 0 Å². The first-order chi connectivity index (χ1) is 9.74. The van der Waals surface area contributed by atoms with E-state index in [1.54, 1.807) is 0 Å². The van der Waals surface area contributed by atoms with Gasteiger partial charge < -0.3 is 4.48 Å². The van der Waals surface area contributed by atoms with Crippen LogP contribution in [0.4, 0.5) is 0 Å². The Morgan fingerprint density at radius 1 is 0.500 bits per heavy atom. The molecule has 0 saturated heterocycles. The van der Waals surface area contributed by atoms with E-state index in [-0.39, 0.29) is 0 Å². The molecule has 1 rings (SSSR count). The molecular weight excluding hydrogens is 254 g/mol. The Kier molecular flexibility index (Phi) is 12.9. The Labute approximate surface area is 124 Å². The lowest BCUT2D eigenvalue weighted by atomic mass is 10.1. The molecule has 0 atom stereocenters. The molecule has 1 heterocycles. The summed E-state index contributed by atoms with van der Waals surface area (Å²) in [7, 11) is 0. The highest BCUT2D eigenvalue weighted by Crippen LogP contribution is 2.16. The summed E-state index contributed by atoms with van der Waals surface area (Å²) in [5.74, 6) is 0. The van der Waals surface area contributed by atoms with Gasteiger partial charge in [0.25, 0.3) is 0 Å². The summed E-state index contributed by atoms with van der Waals surface area (Å²) in [6, 6.07) is 0. The van der Waals surface area contributed by atoms with Gasteiger partial charge in [-0.25, -0.2) is 0 Å². The molecule has 0 N–H and O–H groups in total. The Morgan fingerprint density at radius 3 is 0.900 bits per heavy atom. The van der Waals surface area contributed by atoms with Crippen LogP contribution in [-0.4, -0.2) is 30.7 Å². The largest absolute Gasteiger partial charge is 0.324 e. The van der Waals surface area contributed by atoms with E-state index >= 15 is 0 Å². The van der Waals surface area contributed by atoms with E-state index in [1.807, 2.05) is 0 Å². The van der Waals surface area contributed by atoms with Crippen molar-refractivity contribution in [1.82, 2.24) is 0 Å². The molecule has 0 unspecified atom stereocenters. The molecule has 0 aliphatic rings. The van der Waals surface area contributed by atoms with E-state index < -0.39 is 0 Å². The first kappa shape index (κ1) is 19.4. The molecule has 0 fully saturated rings. The van der Waals surface area contributed by atoms with Crippen LogP contribution in [0.2, 0.25) is 0 Å². The Hall–Kier alpha value is -0.640. The number of nitrogens with zero attached hydrogens (tertiary/aromatic N) is 1. The van der Waals surface area contributed by atoms with Crippen molar-refractivity contribution in [2.24, 2.45) is 0 Å². The third kappa shape index (κ3) is 11.2. The number of hydrogen-bond acceptors (Lipinski definition) is 3. The fraction of sp³-hybridized carbons (Fsp3) is 1.00. The van der Waals surface area contributed by atoms with E-state index in [9.17, 15) is 0 Å². The summed E-state index contributed by atoms with van der Waals surface area (Å²) in [6.07, 6.45) is 11.1. The minimum Gasteiger partial charge on any atom is -0.324 e. The minimum absolute atomic E-state index is 1.35. The zero-order valence-electron chi connectivity index (χ0n) is 14.2. The van der Waals surface area contributed by atoms with Gasteiger partial charge in [0.2, 0.25) is 0 Å². The summed E-state index contributed by atoms with van der Waals surface area (Å²) >= 11 is 0. The van der Waals surface area contributed by atoms with Gasteiger partial charge in [0.05, 0.1) is 26.2 Å². The molecule has 1 aromatic heterocycles. The first-order valence-corrected chi connectivity index (χ1v) is 8.59. The second-order valence-electron chi connectivity index (χ2n) is 5.85. The van der Waals surface area contributed by atoms with E-state index in [4.69, 9.17) is 0 Å². The summed E-state index contributed by atoms with van der Waals surface area (Å²) in [6.45, 7) is 15.0. The van der Waals surface area contributed by atoms with E-state index in [1.165, 1.54) is 82.0 Å². The molecule has 0 bridgehead atoms. The van der Waals surface area contributed by atoms with Crippen LogP contribution < -0.4 is 0 Å². The van der Waals surface area contributed by atoms with Gasteiger partial charge in [-0.3, -0.25) is 0 Å². The van der Waals surface area contributed by atoms with Crippen LogP contribution in [0.25, 0.3) is 0 Å². The highest BCUT2D eigenvalue weighted by molar-refractivity contribution is 4.49. The normalized spacial score (nSPS) is 11.4. The second-order valence-corrected chi connectivity index (χ2v) is 5.85. The maximum atomic E-state index is 3.50. The molecule has 0 saturated carbocycles. The lowest BCUT2D eigenvalue weighted by Crippen LogP contribution is -2.50. The maximum Gasteiger partial charge on any atom is 0.0786 e. The Morgan fingerprint density at radius 2 is 0.750 bits per heavy atom. The van der Waals surface area contributed by atoms with Crippen LogP contribution in [0.1, 0.15) is 79.1 Å². The highest BCUT2D eigenvalue weighted by Gasteiger charge is 2.24. The van der Waals surface area contributed by atoms with Gasteiger partial charge in [-0.2, -0.15) is 0 Å². The van der Waals surface area contributed by atoms with Crippen LogP contribution in [0.3, 0.4) is 0 Å². The summed E-state index contributed by atoms with van der Waals surface area (Å²) in [5, 5.41) is 0. The zero-order valence-corrected chi connectivity index (χ0v) is 14.2. The third-order valence-corrected chi connectivity index (χ3v) is 4.01. The zero-order chi connectivity index (χ0) is 15.1. The fourth-order valence-corrected chi connectivity index (χ4v) is 2.64. The molecule has 0 aliphatic heterocycles. The topological polar surface area (TPSA) is 39.4 Å². The van der Waals surface area contributed by atoms with Crippen molar-refractivity contribution in [2.75, 3.05) is 26.2 Å². The molecule has 0 aliphatic carbocycles. The molecular formula is C16H36NO3+. The van der Waals surface area contributed by atoms with Crippen molar-refractivity contribution in [2.45, 2.75) is 79.1 Å². The molecule has 20 heavy (non-hydrogen) atoms. The predicted molar refractivity (Wildman–Crippen MR) is 82.6 cm³/mol. The average molecular weight is 290 g/mol. The molecule has 0 amide bonds. The lowest BCUT2D eigenvalue weighted by molar-refractivity contribution is -0.929. The summed E-state index contributed by atoms with van der Waals surface area (Å²) in [4.78, 5) is 0. The van der Waals surface area contributed by atoms with Gasteiger partial charge in [0.1, 0.15) is 0 Å². The first-order valence-electron chi connectivity index (χ1n) is 8.59. The third-order valence-electron chi connectivity index (χ3n) is 4.01. The fourth-order valence-electron chi connectivity index (χ4n) is 2.64. The van der Waals surface area contributed by atoms with E-state index in [0.717, 1.165) is 0 Å². The van der Waals surface area contributed by atoms with Gasteiger partial charge in [-0.1, -0.05) is 53.4 Å². The van der Waals surface area contributed by atoms with Crippen LogP contribution in [0.5, 0.6) is 0 Å². The second kappa shape index (κ2) is 13.3. The van der Waals surface area contributed by atoms with E-state index in [2.05, 4.69) is 41.9 Å². The molecule has 0 aromatic carbocycles. The quantitative estimate of drug-likeness (QED) is 0.378. The van der Waals surface area contributed by atoms with Crippen LogP contribution in [-0.2, 0) is 0 Å². The van der Waals surface area contributed by atoms with Gasteiger partial charge >= 0.3 is 0 Å². The van der Waals surface area contributed by atoms with Crippen LogP contribution >= 0.6 is 0 Å². The Bertz CT molecular complexity index is 202. The maximum absolute atomic E-state index is 3.50. The van der Waals surface area contributed by atoms with Gasteiger partial charge in [0.15, 0.2) is 0 Å². The van der Waals surface area contributed by atoms with Gasteiger partial charge in [-0.05, 0) is 25.7 Å². The predicted octanol–water partition coefficient (Wildman–Crippen LogP) is 5.47. The van der Waals surface area contributed by atoms with Crippen LogP contribution in [0.15, 0.2) is 14.2 Å². The van der Waals surface area contributed by atoms with Crippen molar-refractivity contribution in [3.05, 3.63) is 0 Å². The van der Waals surface area contributed by atoms with Crippen molar-refractivity contribution in [1.29, 1.82) is 0 Å². The van der Waals surface area contributed by atoms with Crippen molar-refractivity contribution < 1.29 is 18.7 Å². The van der Waals surface area contributed by atoms with Gasteiger partial charge in [0, 0.05) is 14.2 Å². The molecule has 0 spiro atoms. The SMILES string of the molecule is CCCC[N+](CCCC)(CCCC)CCCC.o1oo1. The van der Waals surface area contributed by atoms with Crippen molar-refractivity contribution >= 4 is 0 Å². The molecule has 0 radical (unpaired) electrons. The molecule has 122 valence electrons. The number of unbranched alkanes of at least 4 members (excludes halogenated alkanes) is 4. The molecule has 1 aromatic rings. The van der Waals surface area contributed by atoms with Crippen molar-refractivity contribution in [3.63, 3.8) is 0 Å². The van der Waals surface area contributed by atoms with Gasteiger partial charge in [-0.15, -0.1) is 0 Å². The monoisotopic (exact) mass is 290 g/mol. The van der Waals surface area contributed by atoms with E-state index in [0.29, 0.717) is 0 Å². The number of rotatable bonds is 12. The number of quaternary nitrogens is 1. The standard InChI is InChI=1S/C16H36N.O3/c1-5-9-13-17(14-10-6-2,15-11-7-3)16-12-8-4;1-2-3-1/h5-16H2,1-4H3;/q+1;. The summed E-state index contributed by atoms with van der Waals surface area (Å²) < 4.78 is 11.9.